The molecule has 0 saturated carbocycles. The summed E-state index contributed by atoms with van der Waals surface area (Å²) in [6.45, 7) is 10.1. The fraction of sp³-hybridized carbons (Fsp3) is 0.375. The molecule has 2 rings (SSSR count). The van der Waals surface area contributed by atoms with Crippen LogP contribution in [0, 0.1) is 13.8 Å². The Labute approximate surface area is 122 Å². The highest BCUT2D eigenvalue weighted by atomic mass is 16.1. The van der Waals surface area contributed by atoms with Crippen molar-refractivity contribution in [1.82, 2.24) is 9.97 Å². The Morgan fingerprint density at radius 1 is 1.20 bits per heavy atom. The highest BCUT2D eigenvalue weighted by Gasteiger charge is 1.89. The van der Waals surface area contributed by atoms with Crippen LogP contribution < -0.4 is 5.73 Å². The van der Waals surface area contributed by atoms with E-state index in [0.717, 1.165) is 12.2 Å². The van der Waals surface area contributed by atoms with E-state index in [1.165, 1.54) is 11.3 Å². The molecule has 4 heteroatoms. The van der Waals surface area contributed by atoms with Crippen LogP contribution in [0.4, 0.5) is 0 Å². The number of nitrogens with one attached hydrogen (secondary N) is 1. The van der Waals surface area contributed by atoms with E-state index in [0.29, 0.717) is 0 Å². The second-order valence-corrected chi connectivity index (χ2v) is 3.64. The van der Waals surface area contributed by atoms with Crippen LogP contribution in [0.5, 0.6) is 0 Å². The molecule has 0 atom stereocenters. The summed E-state index contributed by atoms with van der Waals surface area (Å²) in [4.78, 5) is 15.7. The molecule has 1 amide bonds. The summed E-state index contributed by atoms with van der Waals surface area (Å²) in [6, 6.07) is 10.3. The number of primary amides is 1. The lowest BCUT2D eigenvalue weighted by molar-refractivity contribution is -0.106. The monoisotopic (exact) mass is 277 g/mol. The van der Waals surface area contributed by atoms with Gasteiger partial charge in [-0.1, -0.05) is 56.7 Å². The van der Waals surface area contributed by atoms with Gasteiger partial charge in [-0.05, 0) is 20.3 Å². The van der Waals surface area contributed by atoms with Crippen molar-refractivity contribution in [2.75, 3.05) is 0 Å². The van der Waals surface area contributed by atoms with Crippen LogP contribution in [0.3, 0.4) is 0 Å². The zero-order chi connectivity index (χ0) is 15.8. The molecule has 0 spiro atoms. The first kappa shape index (κ1) is 20.2. The summed E-state index contributed by atoms with van der Waals surface area (Å²) in [5.74, 6) is 1.00. The molecule has 2 aromatic rings. The lowest BCUT2D eigenvalue weighted by Crippen LogP contribution is -1.82. The van der Waals surface area contributed by atoms with Gasteiger partial charge in [-0.2, -0.15) is 0 Å². The van der Waals surface area contributed by atoms with Crippen molar-refractivity contribution in [3.63, 3.8) is 0 Å². The molecule has 0 radical (unpaired) electrons. The van der Waals surface area contributed by atoms with Crippen molar-refractivity contribution in [3.8, 4) is 0 Å². The molecule has 0 unspecified atom stereocenters. The molecule has 112 valence electrons. The van der Waals surface area contributed by atoms with E-state index in [1.54, 1.807) is 0 Å². The van der Waals surface area contributed by atoms with Crippen LogP contribution in [-0.2, 0) is 11.2 Å². The Hall–Kier alpha value is -2.10. The molecule has 0 aliphatic rings. The van der Waals surface area contributed by atoms with Crippen molar-refractivity contribution < 1.29 is 4.79 Å². The molecule has 3 N–H and O–H groups in total. The van der Waals surface area contributed by atoms with Gasteiger partial charge in [-0.3, -0.25) is 4.79 Å². The van der Waals surface area contributed by atoms with Crippen LogP contribution in [0.2, 0.25) is 0 Å². The third kappa shape index (κ3) is 12.4. The van der Waals surface area contributed by atoms with Crippen molar-refractivity contribution in [1.29, 1.82) is 0 Å². The van der Waals surface area contributed by atoms with Gasteiger partial charge in [0.15, 0.2) is 0 Å². The van der Waals surface area contributed by atoms with E-state index in [4.69, 9.17) is 4.79 Å². The Bertz CT molecular complexity index is 424. The Kier molecular flexibility index (Phi) is 15.1. The largest absolute Gasteiger partial charge is 0.372 e. The average molecular weight is 277 g/mol. The van der Waals surface area contributed by atoms with Gasteiger partial charge in [-0.25, -0.2) is 4.98 Å². The molecule has 0 bridgehead atoms. The predicted octanol–water partition coefficient (Wildman–Crippen LogP) is 3.40. The summed E-state index contributed by atoms with van der Waals surface area (Å²) in [5, 5.41) is 0. The van der Waals surface area contributed by atoms with Gasteiger partial charge < -0.3 is 10.7 Å². The first-order valence-corrected chi connectivity index (χ1v) is 6.81. The van der Waals surface area contributed by atoms with Crippen molar-refractivity contribution in [2.45, 2.75) is 41.0 Å². The van der Waals surface area contributed by atoms with Gasteiger partial charge >= 0.3 is 0 Å². The van der Waals surface area contributed by atoms with Gasteiger partial charge in [0.2, 0.25) is 6.41 Å². The van der Waals surface area contributed by atoms with Crippen LogP contribution >= 0.6 is 0 Å². The highest BCUT2D eigenvalue weighted by molar-refractivity contribution is 5.42. The number of aromatic nitrogens is 2. The predicted molar refractivity (Wildman–Crippen MR) is 85.5 cm³/mol. The van der Waals surface area contributed by atoms with Crippen molar-refractivity contribution in [3.05, 3.63) is 53.6 Å². The van der Waals surface area contributed by atoms with Crippen molar-refractivity contribution >= 4 is 6.41 Å². The number of carbonyl (C=O) groups is 1. The number of amides is 1. The molecule has 4 nitrogen and oxygen atoms in total. The molecule has 0 aliphatic heterocycles. The maximum atomic E-state index is 8.58. The number of aryl methyl sites for hydroxylation is 3. The number of hydrogen-bond acceptors (Lipinski definition) is 2. The fourth-order valence-corrected chi connectivity index (χ4v) is 1.19. The van der Waals surface area contributed by atoms with Gasteiger partial charge in [0.1, 0.15) is 5.82 Å². The average Bonchev–Trinajstić information content (AvgIpc) is 2.89. The zero-order valence-electron chi connectivity index (χ0n) is 13.2. The number of hydrogen-bond donors (Lipinski definition) is 2. The number of benzene rings is 1. The van der Waals surface area contributed by atoms with E-state index in [9.17, 15) is 0 Å². The SMILES string of the molecule is CC.CCc1cnc(C)[nH]1.Cc1ccccc1.NC=O. The Morgan fingerprint density at radius 2 is 1.70 bits per heavy atom. The summed E-state index contributed by atoms with van der Waals surface area (Å²) in [7, 11) is 0. The summed E-state index contributed by atoms with van der Waals surface area (Å²) in [6.07, 6.45) is 3.16. The molecule has 1 heterocycles. The van der Waals surface area contributed by atoms with Crippen LogP contribution in [0.1, 0.15) is 37.9 Å². The first-order valence-electron chi connectivity index (χ1n) is 6.81. The molecule has 20 heavy (non-hydrogen) atoms. The van der Waals surface area contributed by atoms with Gasteiger partial charge in [0, 0.05) is 11.9 Å². The van der Waals surface area contributed by atoms with Crippen LogP contribution in [-0.4, -0.2) is 16.4 Å². The standard InChI is InChI=1S/C7H8.C6H10N2.C2H6.CH3NO/c1-7-5-3-2-4-6-7;1-3-6-4-7-5(2)8-6;1-2;2-1-3/h2-6H,1H3;4H,3H2,1-2H3,(H,7,8);1-2H3;1H,(H2,2,3). The minimum atomic E-state index is 0.250. The maximum Gasteiger partial charge on any atom is 0.204 e. The number of H-pyrrole nitrogens is 1. The lowest BCUT2D eigenvalue weighted by Gasteiger charge is -1.82. The molecule has 0 aliphatic carbocycles. The van der Waals surface area contributed by atoms with E-state index in [2.05, 4.69) is 41.7 Å². The van der Waals surface area contributed by atoms with Gasteiger partial charge in [0.25, 0.3) is 0 Å². The quantitative estimate of drug-likeness (QED) is 0.784. The third-order valence-corrected chi connectivity index (χ3v) is 2.08. The second kappa shape index (κ2) is 15.0. The van der Waals surface area contributed by atoms with E-state index >= 15 is 0 Å². The minimum Gasteiger partial charge on any atom is -0.372 e. The summed E-state index contributed by atoms with van der Waals surface area (Å²) in [5.41, 5.74) is 6.70. The molecular formula is C16H27N3O. The van der Waals surface area contributed by atoms with Crippen molar-refractivity contribution in [2.24, 2.45) is 5.73 Å². The summed E-state index contributed by atoms with van der Waals surface area (Å²) >= 11 is 0. The maximum absolute atomic E-state index is 8.58. The molecule has 1 aromatic heterocycles. The highest BCUT2D eigenvalue weighted by Crippen LogP contribution is 1.94. The van der Waals surface area contributed by atoms with E-state index in [1.807, 2.05) is 45.2 Å². The molecular weight excluding hydrogens is 250 g/mol. The van der Waals surface area contributed by atoms with E-state index < -0.39 is 0 Å². The molecule has 0 saturated heterocycles. The van der Waals surface area contributed by atoms with Crippen LogP contribution in [0.25, 0.3) is 0 Å². The number of rotatable bonds is 1. The number of aromatic amines is 1. The fourth-order valence-electron chi connectivity index (χ4n) is 1.19. The van der Waals surface area contributed by atoms with Gasteiger partial charge in [0.05, 0.1) is 0 Å². The first-order chi connectivity index (χ1) is 9.63. The topological polar surface area (TPSA) is 71.8 Å². The number of carbonyl (C=O) groups excluding carboxylic acids is 1. The minimum absolute atomic E-state index is 0.250. The number of imidazole rings is 1. The van der Waals surface area contributed by atoms with Crippen LogP contribution in [0.15, 0.2) is 36.5 Å². The van der Waals surface area contributed by atoms with E-state index in [-0.39, 0.29) is 6.41 Å². The normalized spacial score (nSPS) is 7.85. The Balaban J connectivity index is 0. The zero-order valence-corrected chi connectivity index (χ0v) is 13.2. The van der Waals surface area contributed by atoms with Gasteiger partial charge in [-0.15, -0.1) is 0 Å². The summed E-state index contributed by atoms with van der Waals surface area (Å²) < 4.78 is 0. The smallest absolute Gasteiger partial charge is 0.204 e. The Morgan fingerprint density at radius 3 is 1.90 bits per heavy atom. The lowest BCUT2D eigenvalue weighted by atomic mass is 10.2. The second-order valence-electron chi connectivity index (χ2n) is 3.64. The molecule has 0 fully saturated rings. The number of nitrogens with zero attached hydrogens (tertiary/aromatic N) is 1. The third-order valence-electron chi connectivity index (χ3n) is 2.08. The number of nitrogens with two attached hydrogens (primary N) is 1. The molecule has 1 aromatic carbocycles.